The molecule has 0 N–H and O–H groups in total. The first-order valence-electron chi connectivity index (χ1n) is 16.5. The van der Waals surface area contributed by atoms with Gasteiger partial charge in [0.2, 0.25) is 0 Å². The molecule has 0 aromatic rings. The Kier molecular flexibility index (Phi) is 24.2. The topological polar surface area (TPSA) is 0 Å². The molecule has 0 radical (unpaired) electrons. The second kappa shape index (κ2) is 24.3. The van der Waals surface area contributed by atoms with E-state index in [1.165, 1.54) is 183 Å². The lowest BCUT2D eigenvalue weighted by atomic mass is 10.1. The zero-order chi connectivity index (χ0) is 26.1. The number of quaternary nitrogens is 2. The molecule has 0 spiro atoms. The summed E-state index contributed by atoms with van der Waals surface area (Å²) in [4.78, 5) is 0. The van der Waals surface area contributed by atoms with Crippen LogP contribution in [0.25, 0.3) is 0 Å². The van der Waals surface area contributed by atoms with Gasteiger partial charge >= 0.3 is 0 Å². The van der Waals surface area contributed by atoms with Crippen LogP contribution >= 0.6 is 0 Å². The molecule has 2 nitrogen and oxygen atoms in total. The number of nitrogens with zero attached hydrogens (tertiary/aromatic N) is 2. The summed E-state index contributed by atoms with van der Waals surface area (Å²) in [5.74, 6) is 0. The second-order valence-corrected chi connectivity index (χ2v) is 13.2. The summed E-state index contributed by atoms with van der Waals surface area (Å²) in [5, 5.41) is 0. The zero-order valence-corrected chi connectivity index (χ0v) is 26.0. The third-order valence-electron chi connectivity index (χ3n) is 8.26. The summed E-state index contributed by atoms with van der Waals surface area (Å²) in [7, 11) is 9.83. The van der Waals surface area contributed by atoms with E-state index in [2.05, 4.69) is 42.0 Å². The van der Waals surface area contributed by atoms with E-state index in [9.17, 15) is 0 Å². The van der Waals surface area contributed by atoms with Gasteiger partial charge in [-0.1, -0.05) is 129 Å². The molecule has 0 aliphatic heterocycles. The Morgan fingerprint density at radius 3 is 0.714 bits per heavy atom. The summed E-state index contributed by atoms with van der Waals surface area (Å²) in [6.45, 7) is 10.0. The molecule has 0 unspecified atom stereocenters. The maximum absolute atomic E-state index is 2.46. The molecule has 0 aromatic heterocycles. The number of hydrogen-bond donors (Lipinski definition) is 0. The van der Waals surface area contributed by atoms with Gasteiger partial charge in [0.15, 0.2) is 0 Å². The van der Waals surface area contributed by atoms with Crippen LogP contribution in [0.2, 0.25) is 0 Å². The van der Waals surface area contributed by atoms with Crippen LogP contribution in [0.5, 0.6) is 0 Å². The lowest BCUT2D eigenvalue weighted by molar-refractivity contribution is -0.909. The fourth-order valence-corrected chi connectivity index (χ4v) is 5.56. The van der Waals surface area contributed by atoms with Crippen LogP contribution in [0.1, 0.15) is 162 Å². The zero-order valence-electron chi connectivity index (χ0n) is 26.0. The summed E-state index contributed by atoms with van der Waals surface area (Å²) >= 11 is 0. The van der Waals surface area contributed by atoms with E-state index in [0.29, 0.717) is 0 Å². The summed E-state index contributed by atoms with van der Waals surface area (Å²) in [6.07, 6.45) is 33.2. The standard InChI is InChI=1S/C33H72N2/c1-7-9-11-13-15-17-19-21-23-25-27-30-34(3,4)32-29-33-35(5,6)31-28-26-24-22-20-18-16-14-12-10-8-2/h7-33H2,1-6H3/q+2. The van der Waals surface area contributed by atoms with Gasteiger partial charge in [-0.3, -0.25) is 0 Å². The summed E-state index contributed by atoms with van der Waals surface area (Å²) in [6, 6.07) is 0. The van der Waals surface area contributed by atoms with E-state index in [0.717, 1.165) is 0 Å². The summed E-state index contributed by atoms with van der Waals surface area (Å²) < 4.78 is 2.44. The predicted molar refractivity (Wildman–Crippen MR) is 161 cm³/mol. The van der Waals surface area contributed by atoms with Crippen molar-refractivity contribution in [3.05, 3.63) is 0 Å². The quantitative estimate of drug-likeness (QED) is 0.0746. The highest BCUT2D eigenvalue weighted by molar-refractivity contribution is 4.50. The monoisotopic (exact) mass is 497 g/mol. The molecule has 0 aliphatic carbocycles. The van der Waals surface area contributed by atoms with Gasteiger partial charge in [-0.15, -0.1) is 0 Å². The third-order valence-corrected chi connectivity index (χ3v) is 8.26. The largest absolute Gasteiger partial charge is 0.328 e. The minimum Gasteiger partial charge on any atom is -0.328 e. The van der Waals surface area contributed by atoms with E-state index < -0.39 is 0 Å². The Hall–Kier alpha value is -0.0800. The molecule has 2 heteroatoms. The van der Waals surface area contributed by atoms with Crippen LogP contribution in [0.4, 0.5) is 0 Å². The fraction of sp³-hybridized carbons (Fsp3) is 1.00. The normalized spacial score (nSPS) is 12.5. The number of hydrogen-bond acceptors (Lipinski definition) is 0. The van der Waals surface area contributed by atoms with E-state index >= 15 is 0 Å². The highest BCUT2D eigenvalue weighted by Gasteiger charge is 2.19. The van der Waals surface area contributed by atoms with Gasteiger partial charge in [-0.05, 0) is 25.7 Å². The van der Waals surface area contributed by atoms with Crippen molar-refractivity contribution in [3.8, 4) is 0 Å². The smallest absolute Gasteiger partial charge is 0.0836 e. The molecule has 0 amide bonds. The first kappa shape index (κ1) is 34.9. The molecule has 0 aliphatic rings. The molecule has 212 valence electrons. The van der Waals surface area contributed by atoms with Crippen LogP contribution in [0, 0.1) is 0 Å². The molecular weight excluding hydrogens is 424 g/mol. The van der Waals surface area contributed by atoms with Gasteiger partial charge in [0, 0.05) is 6.42 Å². The van der Waals surface area contributed by atoms with Crippen LogP contribution in [-0.2, 0) is 0 Å². The van der Waals surface area contributed by atoms with Crippen molar-refractivity contribution in [2.75, 3.05) is 54.4 Å². The van der Waals surface area contributed by atoms with E-state index in [-0.39, 0.29) is 0 Å². The first-order chi connectivity index (χ1) is 16.8. The van der Waals surface area contributed by atoms with Crippen LogP contribution in [-0.4, -0.2) is 63.3 Å². The van der Waals surface area contributed by atoms with Gasteiger partial charge in [0.05, 0.1) is 54.4 Å². The van der Waals surface area contributed by atoms with Gasteiger partial charge in [-0.2, -0.15) is 0 Å². The molecule has 0 heterocycles. The van der Waals surface area contributed by atoms with Crippen LogP contribution in [0.3, 0.4) is 0 Å². The van der Waals surface area contributed by atoms with Crippen molar-refractivity contribution < 1.29 is 8.97 Å². The van der Waals surface area contributed by atoms with E-state index in [1.807, 2.05) is 0 Å². The number of unbranched alkanes of at least 4 members (excludes halogenated alkanes) is 20. The Labute approximate surface area is 224 Å². The highest BCUT2D eigenvalue weighted by atomic mass is 15.3. The van der Waals surface area contributed by atoms with Crippen molar-refractivity contribution in [1.29, 1.82) is 0 Å². The molecule has 35 heavy (non-hydrogen) atoms. The molecule has 0 bridgehead atoms. The Morgan fingerprint density at radius 1 is 0.257 bits per heavy atom. The highest BCUT2D eigenvalue weighted by Crippen LogP contribution is 2.14. The Balaban J connectivity index is 3.58. The molecule has 0 rings (SSSR count). The van der Waals surface area contributed by atoms with Gasteiger partial charge in [0.1, 0.15) is 0 Å². The van der Waals surface area contributed by atoms with Gasteiger partial charge in [0.25, 0.3) is 0 Å². The van der Waals surface area contributed by atoms with Crippen molar-refractivity contribution in [1.82, 2.24) is 0 Å². The van der Waals surface area contributed by atoms with Crippen molar-refractivity contribution >= 4 is 0 Å². The summed E-state index contributed by atoms with van der Waals surface area (Å²) in [5.41, 5.74) is 0. The van der Waals surface area contributed by atoms with Crippen LogP contribution < -0.4 is 0 Å². The molecule has 0 saturated heterocycles. The van der Waals surface area contributed by atoms with Crippen molar-refractivity contribution in [2.45, 2.75) is 162 Å². The predicted octanol–water partition coefficient (Wildman–Crippen LogP) is 10.2. The second-order valence-electron chi connectivity index (χ2n) is 13.2. The minimum atomic E-state index is 1.22. The molecule has 0 aromatic carbocycles. The molecule has 0 atom stereocenters. The van der Waals surface area contributed by atoms with E-state index in [1.54, 1.807) is 0 Å². The minimum absolute atomic E-state index is 1.22. The lowest BCUT2D eigenvalue weighted by Crippen LogP contribution is -2.46. The molecule has 0 saturated carbocycles. The van der Waals surface area contributed by atoms with Crippen molar-refractivity contribution in [3.63, 3.8) is 0 Å². The fourth-order valence-electron chi connectivity index (χ4n) is 5.56. The lowest BCUT2D eigenvalue weighted by Gasteiger charge is -2.33. The van der Waals surface area contributed by atoms with E-state index in [4.69, 9.17) is 0 Å². The Bertz CT molecular complexity index is 377. The maximum Gasteiger partial charge on any atom is 0.0836 e. The van der Waals surface area contributed by atoms with Gasteiger partial charge < -0.3 is 8.97 Å². The molecular formula is C33H72N2+2. The first-order valence-corrected chi connectivity index (χ1v) is 16.5. The maximum atomic E-state index is 2.46. The number of rotatable bonds is 28. The average Bonchev–Trinajstić information content (AvgIpc) is 2.80. The third kappa shape index (κ3) is 26.8. The van der Waals surface area contributed by atoms with Crippen LogP contribution in [0.15, 0.2) is 0 Å². The average molecular weight is 497 g/mol. The van der Waals surface area contributed by atoms with Crippen molar-refractivity contribution in [2.24, 2.45) is 0 Å². The van der Waals surface area contributed by atoms with Gasteiger partial charge in [-0.25, -0.2) is 0 Å². The Morgan fingerprint density at radius 2 is 0.457 bits per heavy atom. The SMILES string of the molecule is CCCCCCCCCCCCC[N+](C)(C)CCC[N+](C)(C)CCCCCCCCCCCCC. The molecule has 0 fully saturated rings.